The van der Waals surface area contributed by atoms with Crippen LogP contribution in [0.3, 0.4) is 0 Å². The van der Waals surface area contributed by atoms with E-state index in [4.69, 9.17) is 0 Å². The molecule has 1 rings (SSSR count). The Kier molecular flexibility index (Phi) is 2.43. The van der Waals surface area contributed by atoms with Crippen LogP contribution in [0.5, 0.6) is 0 Å². The number of aldehydes is 1. The molecule has 0 aliphatic carbocycles. The lowest BCUT2D eigenvalue weighted by Crippen LogP contribution is -2.01. The Morgan fingerprint density at radius 2 is 2.27 bits per heavy atom. The molecule has 0 N–H and O–H groups in total. The van der Waals surface area contributed by atoms with Gasteiger partial charge in [0.25, 0.3) is 0 Å². The highest BCUT2D eigenvalue weighted by Crippen LogP contribution is 1.97. The van der Waals surface area contributed by atoms with Gasteiger partial charge in [0.1, 0.15) is 5.88 Å². The fourth-order valence-corrected chi connectivity index (χ4v) is 1.29. The van der Waals surface area contributed by atoms with Gasteiger partial charge in [-0.1, -0.05) is 0 Å². The molecular formula is C6H7NO3S. The first-order valence-electron chi connectivity index (χ1n) is 2.96. The van der Waals surface area contributed by atoms with Crippen molar-refractivity contribution in [2.75, 3.05) is 0 Å². The lowest BCUT2D eigenvalue weighted by molar-refractivity contribution is 0.111. The van der Waals surface area contributed by atoms with Gasteiger partial charge in [-0.3, -0.25) is 4.79 Å². The van der Waals surface area contributed by atoms with Crippen molar-refractivity contribution in [1.29, 1.82) is 0 Å². The van der Waals surface area contributed by atoms with Crippen LogP contribution < -0.4 is 0 Å². The third kappa shape index (κ3) is 1.91. The number of hydrogen-bond acceptors (Lipinski definition) is 3. The van der Waals surface area contributed by atoms with Gasteiger partial charge >= 0.3 is 0 Å². The van der Waals surface area contributed by atoms with E-state index >= 15 is 0 Å². The molecule has 0 atom stereocenters. The minimum atomic E-state index is -2.47. The van der Waals surface area contributed by atoms with E-state index in [9.17, 15) is 13.2 Å². The Hall–Kier alpha value is -1.10. The molecular weight excluding hydrogens is 166 g/mol. The first-order chi connectivity index (χ1) is 5.24. The van der Waals surface area contributed by atoms with Crippen LogP contribution in [0.15, 0.2) is 18.3 Å². The zero-order valence-corrected chi connectivity index (χ0v) is 6.53. The van der Waals surface area contributed by atoms with Crippen molar-refractivity contribution in [2.24, 2.45) is 0 Å². The van der Waals surface area contributed by atoms with E-state index in [1.165, 1.54) is 4.57 Å². The Bertz CT molecular complexity index is 318. The van der Waals surface area contributed by atoms with E-state index in [-0.39, 0.29) is 5.88 Å². The van der Waals surface area contributed by atoms with E-state index in [0.29, 0.717) is 12.0 Å². The first-order valence-corrected chi connectivity index (χ1v) is 4.32. The Morgan fingerprint density at radius 1 is 1.55 bits per heavy atom. The maximum absolute atomic E-state index is 10.3. The van der Waals surface area contributed by atoms with Crippen LogP contribution in [0.25, 0.3) is 0 Å². The van der Waals surface area contributed by atoms with Gasteiger partial charge in [0.2, 0.25) is 0 Å². The van der Waals surface area contributed by atoms with Crippen molar-refractivity contribution in [1.82, 2.24) is 4.57 Å². The molecule has 4 nitrogen and oxygen atoms in total. The SMILES string of the molecule is O=Cc1cccn1C[SH](=O)=O. The number of nitrogens with zero attached hydrogens (tertiary/aromatic N) is 1. The van der Waals surface area contributed by atoms with Crippen LogP contribution in [-0.2, 0) is 16.6 Å². The number of aromatic nitrogens is 1. The van der Waals surface area contributed by atoms with Gasteiger partial charge in [-0.05, 0) is 12.1 Å². The number of thiol groups is 1. The third-order valence-corrected chi connectivity index (χ3v) is 1.79. The van der Waals surface area contributed by atoms with Crippen LogP contribution in [0.1, 0.15) is 10.5 Å². The van der Waals surface area contributed by atoms with Gasteiger partial charge in [0.05, 0.1) is 5.69 Å². The summed E-state index contributed by atoms with van der Waals surface area (Å²) in [7, 11) is -2.47. The summed E-state index contributed by atoms with van der Waals surface area (Å²) in [4.78, 5) is 10.3. The zero-order chi connectivity index (χ0) is 8.27. The lowest BCUT2D eigenvalue weighted by atomic mass is 10.5. The molecule has 60 valence electrons. The number of carbonyl (C=O) groups excluding carboxylic acids is 1. The number of rotatable bonds is 3. The maximum Gasteiger partial charge on any atom is 0.166 e. The highest BCUT2D eigenvalue weighted by atomic mass is 32.2. The van der Waals surface area contributed by atoms with Crippen molar-refractivity contribution in [3.8, 4) is 0 Å². The molecule has 1 heterocycles. The Labute approximate surface area is 65.4 Å². The van der Waals surface area contributed by atoms with Crippen LogP contribution in [0.2, 0.25) is 0 Å². The molecule has 0 radical (unpaired) electrons. The quantitative estimate of drug-likeness (QED) is 0.511. The van der Waals surface area contributed by atoms with E-state index in [0.717, 1.165) is 0 Å². The van der Waals surface area contributed by atoms with Gasteiger partial charge in [0, 0.05) is 6.20 Å². The van der Waals surface area contributed by atoms with Crippen molar-refractivity contribution < 1.29 is 13.2 Å². The van der Waals surface area contributed by atoms with Gasteiger partial charge in [-0.2, -0.15) is 0 Å². The predicted octanol–water partition coefficient (Wildman–Crippen LogP) is -0.131. The number of hydrogen-bond donors (Lipinski definition) is 1. The second-order valence-electron chi connectivity index (χ2n) is 1.99. The summed E-state index contributed by atoms with van der Waals surface area (Å²) in [5.41, 5.74) is 0.379. The monoisotopic (exact) mass is 173 g/mol. The van der Waals surface area contributed by atoms with Gasteiger partial charge < -0.3 is 4.57 Å². The zero-order valence-electron chi connectivity index (χ0n) is 5.64. The van der Waals surface area contributed by atoms with Gasteiger partial charge in [-0.15, -0.1) is 0 Å². The largest absolute Gasteiger partial charge is 0.331 e. The molecule has 1 aromatic rings. The van der Waals surface area contributed by atoms with Crippen LogP contribution in [-0.4, -0.2) is 19.3 Å². The smallest absolute Gasteiger partial charge is 0.166 e. The van der Waals surface area contributed by atoms with E-state index < -0.39 is 10.7 Å². The predicted molar refractivity (Wildman–Crippen MR) is 40.1 cm³/mol. The lowest BCUT2D eigenvalue weighted by Gasteiger charge is -1.96. The molecule has 5 heteroatoms. The van der Waals surface area contributed by atoms with E-state index in [1.807, 2.05) is 0 Å². The standard InChI is InChI=1S/C6H7NO3S/c8-4-6-2-1-3-7(6)5-11(9)10/h1-4,11H,5H2. The molecule has 0 spiro atoms. The molecule has 0 aromatic carbocycles. The second-order valence-corrected chi connectivity index (χ2v) is 2.94. The Morgan fingerprint density at radius 3 is 2.82 bits per heavy atom. The fraction of sp³-hybridized carbons (Fsp3) is 0.167. The summed E-state index contributed by atoms with van der Waals surface area (Å²) in [6.07, 6.45) is 2.17. The fourth-order valence-electron chi connectivity index (χ4n) is 0.787. The normalized spacial score (nSPS) is 10.3. The molecule has 0 bridgehead atoms. The maximum atomic E-state index is 10.3. The van der Waals surface area contributed by atoms with Crippen molar-refractivity contribution >= 4 is 17.0 Å². The third-order valence-electron chi connectivity index (χ3n) is 1.25. The molecule has 0 saturated carbocycles. The van der Waals surface area contributed by atoms with E-state index in [2.05, 4.69) is 0 Å². The molecule has 0 aliphatic heterocycles. The summed E-state index contributed by atoms with van der Waals surface area (Å²) in [5.74, 6) is -0.129. The van der Waals surface area contributed by atoms with Crippen LogP contribution in [0.4, 0.5) is 0 Å². The molecule has 0 aliphatic rings. The average Bonchev–Trinajstić information content (AvgIpc) is 2.34. The summed E-state index contributed by atoms with van der Waals surface area (Å²) >= 11 is 0. The molecule has 1 aromatic heterocycles. The topological polar surface area (TPSA) is 56.1 Å². The minimum Gasteiger partial charge on any atom is -0.331 e. The highest BCUT2D eigenvalue weighted by Gasteiger charge is 1.97. The Balaban J connectivity index is 2.93. The first kappa shape index (κ1) is 8.00. The number of carbonyl (C=O) groups is 1. The van der Waals surface area contributed by atoms with Crippen LogP contribution in [0, 0.1) is 0 Å². The second kappa shape index (κ2) is 3.34. The molecule has 0 unspecified atom stereocenters. The average molecular weight is 173 g/mol. The van der Waals surface area contributed by atoms with Crippen LogP contribution >= 0.6 is 0 Å². The summed E-state index contributed by atoms with van der Waals surface area (Å²) < 4.78 is 21.8. The summed E-state index contributed by atoms with van der Waals surface area (Å²) in [6.45, 7) is 0. The summed E-state index contributed by atoms with van der Waals surface area (Å²) in [6, 6.07) is 3.19. The molecule has 0 fully saturated rings. The molecule has 0 saturated heterocycles. The molecule has 0 amide bonds. The van der Waals surface area contributed by atoms with E-state index in [1.54, 1.807) is 18.3 Å². The highest BCUT2D eigenvalue weighted by molar-refractivity contribution is 7.71. The van der Waals surface area contributed by atoms with Gasteiger partial charge in [0.15, 0.2) is 17.0 Å². The van der Waals surface area contributed by atoms with Gasteiger partial charge in [-0.25, -0.2) is 8.42 Å². The van der Waals surface area contributed by atoms with Crippen molar-refractivity contribution in [3.05, 3.63) is 24.0 Å². The van der Waals surface area contributed by atoms with Crippen molar-refractivity contribution in [2.45, 2.75) is 5.88 Å². The van der Waals surface area contributed by atoms with Crippen molar-refractivity contribution in [3.63, 3.8) is 0 Å². The molecule has 11 heavy (non-hydrogen) atoms. The summed E-state index contributed by atoms with van der Waals surface area (Å²) in [5, 5.41) is 0. The minimum absolute atomic E-state index is 0.129.